The van der Waals surface area contributed by atoms with Gasteiger partial charge in [-0.2, -0.15) is 0 Å². The van der Waals surface area contributed by atoms with Gasteiger partial charge in [0.25, 0.3) is 0 Å². The second-order valence-corrected chi connectivity index (χ2v) is 9.86. The number of benzene rings is 3. The number of hydrogen-bond donors (Lipinski definition) is 0. The molecule has 7 heteroatoms. The first-order valence-electron chi connectivity index (χ1n) is 11.9. The van der Waals surface area contributed by atoms with E-state index in [1.165, 1.54) is 28.9 Å². The first kappa shape index (κ1) is 23.5. The summed E-state index contributed by atoms with van der Waals surface area (Å²) in [7, 11) is 1.46. The minimum absolute atomic E-state index is 0.0151. The lowest BCUT2D eigenvalue weighted by atomic mass is 10.00. The Morgan fingerprint density at radius 2 is 1.77 bits per heavy atom. The van der Waals surface area contributed by atoms with Crippen molar-refractivity contribution in [3.8, 4) is 5.75 Å². The van der Waals surface area contributed by atoms with Crippen LogP contribution in [-0.2, 0) is 5.75 Å². The van der Waals surface area contributed by atoms with Gasteiger partial charge in [0.2, 0.25) is 0 Å². The number of rotatable bonds is 6. The molecule has 0 bridgehead atoms. The average Bonchev–Trinajstić information content (AvgIpc) is 3.06. The van der Waals surface area contributed by atoms with E-state index in [2.05, 4.69) is 58.3 Å². The van der Waals surface area contributed by atoms with Gasteiger partial charge in [-0.05, 0) is 48.7 Å². The molecule has 6 nitrogen and oxygen atoms in total. The van der Waals surface area contributed by atoms with Gasteiger partial charge in [-0.25, -0.2) is 0 Å². The van der Waals surface area contributed by atoms with Crippen molar-refractivity contribution in [2.24, 2.45) is 0 Å². The molecule has 0 atom stereocenters. The summed E-state index contributed by atoms with van der Waals surface area (Å²) in [6.45, 7) is 2.75. The molecule has 0 saturated carbocycles. The molecule has 3 aromatic rings. The molecule has 2 heterocycles. The van der Waals surface area contributed by atoms with Crippen LogP contribution >= 0.6 is 11.8 Å². The van der Waals surface area contributed by atoms with Crippen LogP contribution in [0.5, 0.6) is 5.75 Å². The minimum atomic E-state index is -0.376. The van der Waals surface area contributed by atoms with Gasteiger partial charge in [0.1, 0.15) is 0 Å². The van der Waals surface area contributed by atoms with E-state index in [1.807, 2.05) is 23.9 Å². The molecule has 2 aliphatic rings. The first-order valence-corrected chi connectivity index (χ1v) is 12.9. The number of para-hydroxylation sites is 3. The second-order valence-electron chi connectivity index (χ2n) is 8.84. The summed E-state index contributed by atoms with van der Waals surface area (Å²) in [5, 5.41) is 11.5. The Kier molecular flexibility index (Phi) is 7.06. The van der Waals surface area contributed by atoms with Crippen molar-refractivity contribution in [3.63, 3.8) is 0 Å². The summed E-state index contributed by atoms with van der Waals surface area (Å²) in [5.41, 5.74) is 4.61. The van der Waals surface area contributed by atoms with Crippen molar-refractivity contribution < 1.29 is 9.66 Å². The lowest BCUT2D eigenvalue weighted by Gasteiger charge is -2.40. The van der Waals surface area contributed by atoms with Gasteiger partial charge in [0, 0.05) is 42.0 Å². The predicted molar refractivity (Wildman–Crippen MR) is 143 cm³/mol. The van der Waals surface area contributed by atoms with Crippen LogP contribution in [0, 0.1) is 10.1 Å². The van der Waals surface area contributed by atoms with Crippen LogP contribution in [0.1, 0.15) is 24.0 Å². The van der Waals surface area contributed by atoms with Crippen LogP contribution in [0.25, 0.3) is 6.08 Å². The number of nitro groups is 1. The van der Waals surface area contributed by atoms with Crippen LogP contribution in [0.4, 0.5) is 17.1 Å². The van der Waals surface area contributed by atoms with E-state index in [9.17, 15) is 10.1 Å². The Morgan fingerprint density at radius 3 is 2.54 bits per heavy atom. The molecule has 0 unspecified atom stereocenters. The van der Waals surface area contributed by atoms with Crippen molar-refractivity contribution >= 4 is 34.9 Å². The Morgan fingerprint density at radius 1 is 1.03 bits per heavy atom. The summed E-state index contributed by atoms with van der Waals surface area (Å²) in [4.78, 5) is 17.5. The molecule has 2 aliphatic heterocycles. The maximum atomic E-state index is 11.5. The largest absolute Gasteiger partial charge is 0.490 e. The number of piperidine rings is 1. The number of nitrogens with zero attached hydrogens (tertiary/aromatic N) is 3. The van der Waals surface area contributed by atoms with Gasteiger partial charge in [-0.3, -0.25) is 15.0 Å². The second kappa shape index (κ2) is 10.5. The molecule has 0 aromatic heterocycles. The fraction of sp³-hybridized carbons (Fsp3) is 0.286. The standard InChI is InChI=1S/C28H29N3O3S/c1-34-26-13-6-9-21(28(26)31(32)33)10-7-17-29-18-15-23(16-19-29)30-24-11-3-2-8-22(24)20-35-27-14-5-4-12-25(27)30/h2-14,23H,15-20H2,1H3/b10-7+. The molecule has 0 spiro atoms. The van der Waals surface area contributed by atoms with Crippen molar-refractivity contribution in [3.05, 3.63) is 94.0 Å². The van der Waals surface area contributed by atoms with Crippen LogP contribution in [-0.4, -0.2) is 42.6 Å². The lowest BCUT2D eigenvalue weighted by molar-refractivity contribution is -0.386. The summed E-state index contributed by atoms with van der Waals surface area (Å²) >= 11 is 1.92. The maximum absolute atomic E-state index is 11.5. The molecule has 0 N–H and O–H groups in total. The van der Waals surface area contributed by atoms with Crippen LogP contribution in [0.3, 0.4) is 0 Å². The van der Waals surface area contributed by atoms with E-state index in [1.54, 1.807) is 18.2 Å². The summed E-state index contributed by atoms with van der Waals surface area (Å²) in [6, 6.07) is 23.1. The predicted octanol–water partition coefficient (Wildman–Crippen LogP) is 6.53. The molecule has 1 saturated heterocycles. The van der Waals surface area contributed by atoms with E-state index < -0.39 is 0 Å². The van der Waals surface area contributed by atoms with Crippen LogP contribution < -0.4 is 9.64 Å². The van der Waals surface area contributed by atoms with Crippen molar-refractivity contribution in [1.82, 2.24) is 4.90 Å². The van der Waals surface area contributed by atoms with E-state index in [0.29, 0.717) is 11.6 Å². The molecular formula is C28H29N3O3S. The Labute approximate surface area is 210 Å². The number of likely N-dealkylation sites (tertiary alicyclic amines) is 1. The number of ether oxygens (including phenoxy) is 1. The molecule has 0 aliphatic carbocycles. The number of fused-ring (bicyclic) bond motifs is 2. The van der Waals surface area contributed by atoms with Crippen LogP contribution in [0.15, 0.2) is 77.7 Å². The highest BCUT2D eigenvalue weighted by atomic mass is 32.2. The number of thioether (sulfide) groups is 1. The number of methoxy groups -OCH3 is 1. The quantitative estimate of drug-likeness (QED) is 0.291. The SMILES string of the molecule is COc1cccc(/C=C/CN2CCC(N3c4ccccc4CSc4ccccc43)CC2)c1[N+](=O)[O-]. The number of anilines is 2. The Balaban J connectivity index is 1.29. The topological polar surface area (TPSA) is 58.8 Å². The Hall–Kier alpha value is -3.29. The molecular weight excluding hydrogens is 458 g/mol. The van der Waals surface area contributed by atoms with Gasteiger partial charge >= 0.3 is 5.69 Å². The summed E-state index contributed by atoms with van der Waals surface area (Å²) < 4.78 is 5.18. The molecule has 3 aromatic carbocycles. The third kappa shape index (κ3) is 4.92. The van der Waals surface area contributed by atoms with Crippen molar-refractivity contribution in [2.75, 3.05) is 31.6 Å². The fourth-order valence-corrected chi connectivity index (χ4v) is 6.09. The van der Waals surface area contributed by atoms with Gasteiger partial charge in [0.15, 0.2) is 5.75 Å². The van der Waals surface area contributed by atoms with Crippen molar-refractivity contribution in [1.29, 1.82) is 0 Å². The molecule has 35 heavy (non-hydrogen) atoms. The third-order valence-electron chi connectivity index (χ3n) is 6.78. The third-order valence-corrected chi connectivity index (χ3v) is 7.89. The molecule has 0 radical (unpaired) electrons. The van der Waals surface area contributed by atoms with Crippen LogP contribution in [0.2, 0.25) is 0 Å². The smallest absolute Gasteiger partial charge is 0.318 e. The monoisotopic (exact) mass is 487 g/mol. The minimum Gasteiger partial charge on any atom is -0.490 e. The van der Waals surface area contributed by atoms with Gasteiger partial charge in [0.05, 0.1) is 23.3 Å². The molecule has 180 valence electrons. The van der Waals surface area contributed by atoms with E-state index in [-0.39, 0.29) is 16.4 Å². The molecule has 0 amide bonds. The highest BCUT2D eigenvalue weighted by Crippen LogP contribution is 2.44. The highest BCUT2D eigenvalue weighted by molar-refractivity contribution is 7.98. The van der Waals surface area contributed by atoms with E-state index >= 15 is 0 Å². The number of hydrogen-bond acceptors (Lipinski definition) is 6. The summed E-state index contributed by atoms with van der Waals surface area (Å²) in [5.74, 6) is 1.28. The van der Waals surface area contributed by atoms with Crippen molar-refractivity contribution in [2.45, 2.75) is 29.5 Å². The zero-order valence-electron chi connectivity index (χ0n) is 19.8. The average molecular weight is 488 g/mol. The summed E-state index contributed by atoms with van der Waals surface area (Å²) in [6.07, 6.45) is 6.00. The zero-order chi connectivity index (χ0) is 24.2. The normalized spacial score (nSPS) is 16.5. The highest BCUT2D eigenvalue weighted by Gasteiger charge is 2.30. The van der Waals surface area contributed by atoms with Gasteiger partial charge in [-0.15, -0.1) is 11.8 Å². The molecule has 5 rings (SSSR count). The van der Waals surface area contributed by atoms with E-state index in [4.69, 9.17) is 4.74 Å². The zero-order valence-corrected chi connectivity index (χ0v) is 20.6. The van der Waals surface area contributed by atoms with Gasteiger partial charge < -0.3 is 9.64 Å². The first-order chi connectivity index (χ1) is 17.2. The molecule has 1 fully saturated rings. The maximum Gasteiger partial charge on any atom is 0.318 e. The van der Waals surface area contributed by atoms with Gasteiger partial charge in [-0.1, -0.05) is 48.6 Å². The Bertz CT molecular complexity index is 1190. The number of nitro benzene ring substituents is 1. The lowest BCUT2D eigenvalue weighted by Crippen LogP contribution is -2.43. The van der Waals surface area contributed by atoms with E-state index in [0.717, 1.165) is 38.2 Å². The fourth-order valence-electron chi connectivity index (χ4n) is 5.05.